The van der Waals surface area contributed by atoms with Gasteiger partial charge in [-0.1, -0.05) is 39.8 Å². The maximum absolute atomic E-state index is 11.4. The molecular weight excluding hydrogens is 226 g/mol. The summed E-state index contributed by atoms with van der Waals surface area (Å²) < 4.78 is 5.59. The second kappa shape index (κ2) is 9.51. The predicted molar refractivity (Wildman–Crippen MR) is 77.3 cm³/mol. The standard InChI is InChI=1S/C13H19NO2.C2H6/c1-4-10-8-7-9-11(13(10)16-6-3)14-12(15)5-2;1-2/h7-9H,4-6H2,1-3H3,(H,14,15);1-2H3. The molecule has 102 valence electrons. The van der Waals surface area contributed by atoms with E-state index in [1.807, 2.05) is 45.9 Å². The van der Waals surface area contributed by atoms with Gasteiger partial charge < -0.3 is 10.1 Å². The van der Waals surface area contributed by atoms with E-state index < -0.39 is 0 Å². The Labute approximate surface area is 111 Å². The number of hydrogen-bond donors (Lipinski definition) is 1. The van der Waals surface area contributed by atoms with Crippen molar-refractivity contribution in [2.75, 3.05) is 11.9 Å². The van der Waals surface area contributed by atoms with Gasteiger partial charge in [0.05, 0.1) is 12.3 Å². The smallest absolute Gasteiger partial charge is 0.224 e. The molecule has 1 N–H and O–H groups in total. The Morgan fingerprint density at radius 2 is 1.89 bits per heavy atom. The van der Waals surface area contributed by atoms with Gasteiger partial charge in [0.1, 0.15) is 5.75 Å². The summed E-state index contributed by atoms with van der Waals surface area (Å²) in [5, 5.41) is 2.86. The Bertz CT molecular complexity index is 362. The minimum Gasteiger partial charge on any atom is -0.491 e. The van der Waals surface area contributed by atoms with Crippen LogP contribution in [0.1, 0.15) is 46.6 Å². The number of rotatable bonds is 5. The van der Waals surface area contributed by atoms with Gasteiger partial charge in [0, 0.05) is 6.42 Å². The number of benzene rings is 1. The van der Waals surface area contributed by atoms with Crippen molar-refractivity contribution < 1.29 is 9.53 Å². The number of amides is 1. The monoisotopic (exact) mass is 251 g/mol. The molecule has 1 rings (SSSR count). The summed E-state index contributed by atoms with van der Waals surface area (Å²) in [5.74, 6) is 0.809. The van der Waals surface area contributed by atoms with E-state index in [1.165, 1.54) is 0 Å². The number of ether oxygens (including phenoxy) is 1. The van der Waals surface area contributed by atoms with E-state index in [9.17, 15) is 4.79 Å². The first kappa shape index (κ1) is 16.5. The maximum Gasteiger partial charge on any atom is 0.224 e. The summed E-state index contributed by atoms with van der Waals surface area (Å²) in [4.78, 5) is 11.4. The Balaban J connectivity index is 0.00000137. The minimum absolute atomic E-state index is 0.00852. The molecule has 3 nitrogen and oxygen atoms in total. The minimum atomic E-state index is 0.00852. The number of anilines is 1. The number of aryl methyl sites for hydroxylation is 1. The first-order valence-electron chi connectivity index (χ1n) is 6.77. The van der Waals surface area contributed by atoms with Crippen LogP contribution >= 0.6 is 0 Å². The van der Waals surface area contributed by atoms with Crippen molar-refractivity contribution in [3.8, 4) is 5.75 Å². The number of carbonyl (C=O) groups is 1. The van der Waals surface area contributed by atoms with Crippen LogP contribution in [0.3, 0.4) is 0 Å². The third kappa shape index (κ3) is 4.78. The van der Waals surface area contributed by atoms with Crippen LogP contribution < -0.4 is 10.1 Å². The predicted octanol–water partition coefficient (Wildman–Crippen LogP) is 4.02. The van der Waals surface area contributed by atoms with Crippen LogP contribution in [0.15, 0.2) is 18.2 Å². The molecule has 18 heavy (non-hydrogen) atoms. The summed E-state index contributed by atoms with van der Waals surface area (Å²) in [6, 6.07) is 5.83. The number of hydrogen-bond acceptors (Lipinski definition) is 2. The van der Waals surface area contributed by atoms with E-state index in [-0.39, 0.29) is 5.91 Å². The molecule has 0 aliphatic rings. The van der Waals surface area contributed by atoms with Crippen LogP contribution in [0.5, 0.6) is 5.75 Å². The largest absolute Gasteiger partial charge is 0.491 e. The maximum atomic E-state index is 11.4. The fraction of sp³-hybridized carbons (Fsp3) is 0.533. The summed E-state index contributed by atoms with van der Waals surface area (Å²) in [5.41, 5.74) is 1.89. The second-order valence-corrected chi connectivity index (χ2v) is 3.48. The SMILES string of the molecule is CC.CCOc1c(CC)cccc1NC(=O)CC. The number of para-hydroxylation sites is 1. The molecule has 3 heteroatoms. The van der Waals surface area contributed by atoms with E-state index in [1.54, 1.807) is 0 Å². The Hall–Kier alpha value is -1.51. The molecule has 0 fully saturated rings. The third-order valence-electron chi connectivity index (χ3n) is 2.36. The molecule has 0 bridgehead atoms. The van der Waals surface area contributed by atoms with Crippen LogP contribution in [0.2, 0.25) is 0 Å². The van der Waals surface area contributed by atoms with E-state index >= 15 is 0 Å². The highest BCUT2D eigenvalue weighted by Crippen LogP contribution is 2.29. The topological polar surface area (TPSA) is 38.3 Å². The van der Waals surface area contributed by atoms with Gasteiger partial charge in [-0.05, 0) is 25.0 Å². The molecule has 0 heterocycles. The zero-order valence-electron chi connectivity index (χ0n) is 12.2. The first-order valence-corrected chi connectivity index (χ1v) is 6.77. The molecule has 1 amide bonds. The van der Waals surface area contributed by atoms with Crippen molar-refractivity contribution in [1.82, 2.24) is 0 Å². The highest BCUT2D eigenvalue weighted by atomic mass is 16.5. The van der Waals surface area contributed by atoms with Crippen LogP contribution in [-0.4, -0.2) is 12.5 Å². The van der Waals surface area contributed by atoms with E-state index in [0.29, 0.717) is 13.0 Å². The average molecular weight is 251 g/mol. The summed E-state index contributed by atoms with van der Waals surface area (Å²) in [6.07, 6.45) is 1.37. The van der Waals surface area contributed by atoms with Crippen LogP contribution in [0.4, 0.5) is 5.69 Å². The van der Waals surface area contributed by atoms with Crippen molar-refractivity contribution in [3.05, 3.63) is 23.8 Å². The molecule has 0 spiro atoms. The molecule has 1 aromatic rings. The molecule has 1 aromatic carbocycles. The van der Waals surface area contributed by atoms with Crippen molar-refractivity contribution in [2.45, 2.75) is 47.5 Å². The molecule has 0 aliphatic carbocycles. The fourth-order valence-electron chi connectivity index (χ4n) is 1.52. The summed E-state index contributed by atoms with van der Waals surface area (Å²) in [6.45, 7) is 10.5. The van der Waals surface area contributed by atoms with Crippen LogP contribution in [0, 0.1) is 0 Å². The zero-order valence-corrected chi connectivity index (χ0v) is 12.2. The highest BCUT2D eigenvalue weighted by Gasteiger charge is 2.09. The van der Waals surface area contributed by atoms with Gasteiger partial charge in [-0.25, -0.2) is 0 Å². The third-order valence-corrected chi connectivity index (χ3v) is 2.36. The molecule has 0 radical (unpaired) electrons. The molecular formula is C15H25NO2. The number of carbonyl (C=O) groups excluding carboxylic acids is 1. The van der Waals surface area contributed by atoms with E-state index in [4.69, 9.17) is 4.74 Å². The van der Waals surface area contributed by atoms with Gasteiger partial charge in [0.25, 0.3) is 0 Å². The van der Waals surface area contributed by atoms with Gasteiger partial charge >= 0.3 is 0 Å². The van der Waals surface area contributed by atoms with Crippen molar-refractivity contribution in [2.24, 2.45) is 0 Å². The Kier molecular flexibility index (Phi) is 8.71. The van der Waals surface area contributed by atoms with Gasteiger partial charge in [-0.2, -0.15) is 0 Å². The molecule has 0 saturated carbocycles. The lowest BCUT2D eigenvalue weighted by atomic mass is 10.1. The summed E-state index contributed by atoms with van der Waals surface area (Å²) >= 11 is 0. The van der Waals surface area contributed by atoms with Crippen LogP contribution in [0.25, 0.3) is 0 Å². The average Bonchev–Trinajstić information content (AvgIpc) is 2.43. The van der Waals surface area contributed by atoms with Gasteiger partial charge in [0.15, 0.2) is 0 Å². The van der Waals surface area contributed by atoms with Gasteiger partial charge in [-0.15, -0.1) is 0 Å². The fourth-order valence-corrected chi connectivity index (χ4v) is 1.52. The quantitative estimate of drug-likeness (QED) is 0.858. The van der Waals surface area contributed by atoms with Crippen LogP contribution in [-0.2, 0) is 11.2 Å². The van der Waals surface area contributed by atoms with Crippen molar-refractivity contribution in [3.63, 3.8) is 0 Å². The molecule has 0 saturated heterocycles. The lowest BCUT2D eigenvalue weighted by Gasteiger charge is -2.14. The lowest BCUT2D eigenvalue weighted by molar-refractivity contribution is -0.115. The van der Waals surface area contributed by atoms with E-state index in [2.05, 4.69) is 12.2 Å². The molecule has 0 atom stereocenters. The van der Waals surface area contributed by atoms with Crippen molar-refractivity contribution >= 4 is 11.6 Å². The summed E-state index contributed by atoms with van der Waals surface area (Å²) in [7, 11) is 0. The van der Waals surface area contributed by atoms with Gasteiger partial charge in [0.2, 0.25) is 5.91 Å². The Morgan fingerprint density at radius 3 is 2.39 bits per heavy atom. The first-order chi connectivity index (χ1) is 8.72. The highest BCUT2D eigenvalue weighted by molar-refractivity contribution is 5.92. The van der Waals surface area contributed by atoms with Crippen molar-refractivity contribution in [1.29, 1.82) is 0 Å². The molecule has 0 aromatic heterocycles. The zero-order chi connectivity index (χ0) is 14.0. The number of nitrogens with one attached hydrogen (secondary N) is 1. The second-order valence-electron chi connectivity index (χ2n) is 3.48. The normalized spacial score (nSPS) is 9.17. The van der Waals surface area contributed by atoms with E-state index in [0.717, 1.165) is 23.4 Å². The lowest BCUT2D eigenvalue weighted by Crippen LogP contribution is -2.11. The molecule has 0 aliphatic heterocycles. The van der Waals surface area contributed by atoms with Gasteiger partial charge in [-0.3, -0.25) is 4.79 Å². The Morgan fingerprint density at radius 1 is 1.22 bits per heavy atom. The molecule has 0 unspecified atom stereocenters.